The summed E-state index contributed by atoms with van der Waals surface area (Å²) in [6, 6.07) is 9.37. The van der Waals surface area contributed by atoms with Crippen LogP contribution in [0.2, 0.25) is 0 Å². The van der Waals surface area contributed by atoms with Crippen molar-refractivity contribution in [2.75, 3.05) is 25.0 Å². The summed E-state index contributed by atoms with van der Waals surface area (Å²) in [5.41, 5.74) is 1.56. The van der Waals surface area contributed by atoms with E-state index in [1.807, 2.05) is 12.1 Å². The number of carbonyl (C=O) groups excluding carboxylic acids is 1. The Morgan fingerprint density at radius 1 is 1.33 bits per heavy atom. The molecule has 0 aromatic heterocycles. The molecule has 0 atom stereocenters. The summed E-state index contributed by atoms with van der Waals surface area (Å²) in [5, 5.41) is 23.2. The average Bonchev–Trinajstić information content (AvgIpc) is 2.49. The zero-order valence-corrected chi connectivity index (χ0v) is 12.6. The van der Waals surface area contributed by atoms with Crippen LogP contribution < -0.4 is 10.6 Å². The average molecular weight is 289 g/mol. The monoisotopic (exact) mass is 289 g/mol. The Hall–Kier alpha value is -2.06. The highest BCUT2D eigenvalue weighted by Gasteiger charge is 2.17. The summed E-state index contributed by atoms with van der Waals surface area (Å²) in [6.07, 6.45) is 1.40. The molecule has 0 spiro atoms. The minimum absolute atomic E-state index is 0.0485. The summed E-state index contributed by atoms with van der Waals surface area (Å²) >= 11 is 0. The lowest BCUT2D eigenvalue weighted by Crippen LogP contribution is -2.26. The van der Waals surface area contributed by atoms with Crippen LogP contribution in [0.3, 0.4) is 0 Å². The number of benzene rings is 1. The number of nitriles is 1. The molecule has 0 aliphatic carbocycles. The fourth-order valence-corrected chi connectivity index (χ4v) is 1.83. The number of hydrogen-bond donors (Lipinski definition) is 3. The van der Waals surface area contributed by atoms with E-state index in [9.17, 15) is 4.79 Å². The zero-order chi connectivity index (χ0) is 15.7. The van der Waals surface area contributed by atoms with Crippen molar-refractivity contribution in [3.8, 4) is 6.07 Å². The number of amides is 1. The molecule has 0 radical (unpaired) electrons. The van der Waals surface area contributed by atoms with Crippen LogP contribution in [0.4, 0.5) is 5.69 Å². The molecule has 3 N–H and O–H groups in total. The van der Waals surface area contributed by atoms with Crippen LogP contribution in [-0.2, 0) is 0 Å². The van der Waals surface area contributed by atoms with Gasteiger partial charge in [0.15, 0.2) is 0 Å². The van der Waals surface area contributed by atoms with Gasteiger partial charge >= 0.3 is 0 Å². The van der Waals surface area contributed by atoms with Gasteiger partial charge in [0.2, 0.25) is 0 Å². The largest absolute Gasteiger partial charge is 0.395 e. The molecule has 0 aliphatic heterocycles. The lowest BCUT2D eigenvalue weighted by molar-refractivity contribution is 0.0945. The van der Waals surface area contributed by atoms with Crippen molar-refractivity contribution in [2.45, 2.75) is 26.7 Å². The number of aliphatic hydroxyl groups is 1. The third-order valence-corrected chi connectivity index (χ3v) is 3.23. The van der Waals surface area contributed by atoms with Crippen LogP contribution in [0.1, 0.15) is 37.0 Å². The lowest BCUT2D eigenvalue weighted by atomic mass is 9.88. The summed E-state index contributed by atoms with van der Waals surface area (Å²) in [6.45, 7) is 5.20. The fourth-order valence-electron chi connectivity index (χ4n) is 1.83. The van der Waals surface area contributed by atoms with E-state index in [1.54, 1.807) is 12.1 Å². The smallest absolute Gasteiger partial charge is 0.251 e. The number of rotatable bonds is 8. The molecular weight excluding hydrogens is 266 g/mol. The molecule has 5 heteroatoms. The maximum atomic E-state index is 11.7. The molecule has 0 aliphatic rings. The van der Waals surface area contributed by atoms with Gasteiger partial charge in [-0.15, -0.1) is 0 Å². The number of carbonyl (C=O) groups is 1. The number of nitrogens with zero attached hydrogens (tertiary/aromatic N) is 1. The molecule has 1 amide bonds. The summed E-state index contributed by atoms with van der Waals surface area (Å²) in [7, 11) is 0. The minimum Gasteiger partial charge on any atom is -0.395 e. The van der Waals surface area contributed by atoms with E-state index >= 15 is 0 Å². The van der Waals surface area contributed by atoms with E-state index in [1.165, 1.54) is 0 Å². The van der Waals surface area contributed by atoms with Gasteiger partial charge in [-0.05, 0) is 36.1 Å². The molecule has 0 unspecified atom stereocenters. The van der Waals surface area contributed by atoms with Crippen LogP contribution in [-0.4, -0.2) is 30.7 Å². The number of aliphatic hydroxyl groups excluding tert-OH is 1. The van der Waals surface area contributed by atoms with E-state index in [0.29, 0.717) is 12.0 Å². The van der Waals surface area contributed by atoms with Crippen LogP contribution in [0.15, 0.2) is 24.3 Å². The van der Waals surface area contributed by atoms with E-state index in [-0.39, 0.29) is 24.5 Å². The summed E-state index contributed by atoms with van der Waals surface area (Å²) < 4.78 is 0. The van der Waals surface area contributed by atoms with Crippen molar-refractivity contribution < 1.29 is 9.90 Å². The third-order valence-electron chi connectivity index (χ3n) is 3.23. The molecule has 0 fully saturated rings. The maximum absolute atomic E-state index is 11.7. The van der Waals surface area contributed by atoms with E-state index in [0.717, 1.165) is 18.7 Å². The Labute approximate surface area is 126 Å². The number of anilines is 1. The molecule has 1 aromatic rings. The molecule has 0 saturated carbocycles. The molecule has 1 aromatic carbocycles. The van der Waals surface area contributed by atoms with Gasteiger partial charge in [-0.1, -0.05) is 13.8 Å². The van der Waals surface area contributed by atoms with Gasteiger partial charge in [-0.25, -0.2) is 0 Å². The molecule has 5 nitrogen and oxygen atoms in total. The first-order valence-electron chi connectivity index (χ1n) is 7.08. The first kappa shape index (κ1) is 17.0. The van der Waals surface area contributed by atoms with Crippen molar-refractivity contribution in [3.63, 3.8) is 0 Å². The molecule has 114 valence electrons. The molecule has 0 bridgehead atoms. The normalized spacial score (nSPS) is 10.8. The molecular formula is C16H23N3O2. The summed E-state index contributed by atoms with van der Waals surface area (Å²) in [4.78, 5) is 11.7. The Balaban J connectivity index is 2.51. The van der Waals surface area contributed by atoms with Gasteiger partial charge < -0.3 is 15.7 Å². The maximum Gasteiger partial charge on any atom is 0.251 e. The fraction of sp³-hybridized carbons (Fsp3) is 0.500. The van der Waals surface area contributed by atoms with Gasteiger partial charge in [0.25, 0.3) is 5.91 Å². The van der Waals surface area contributed by atoms with Gasteiger partial charge in [-0.3, -0.25) is 4.79 Å². The Morgan fingerprint density at radius 2 is 2.00 bits per heavy atom. The van der Waals surface area contributed by atoms with Crippen molar-refractivity contribution in [1.29, 1.82) is 5.26 Å². The molecule has 21 heavy (non-hydrogen) atoms. The first-order valence-corrected chi connectivity index (χ1v) is 7.08. The quantitative estimate of drug-likeness (QED) is 0.684. The highest BCUT2D eigenvalue weighted by atomic mass is 16.3. The van der Waals surface area contributed by atoms with Gasteiger partial charge in [-0.2, -0.15) is 5.26 Å². The van der Waals surface area contributed by atoms with Crippen LogP contribution in [0, 0.1) is 16.7 Å². The third kappa shape index (κ3) is 6.28. The van der Waals surface area contributed by atoms with Crippen molar-refractivity contribution >= 4 is 11.6 Å². The highest BCUT2D eigenvalue weighted by Crippen LogP contribution is 2.23. The lowest BCUT2D eigenvalue weighted by Gasteiger charge is -2.24. The SMILES string of the molecule is CC(C)(CCC#N)CNc1ccc(C(=O)NCCO)cc1. The van der Waals surface area contributed by atoms with Gasteiger partial charge in [0.1, 0.15) is 0 Å². The van der Waals surface area contributed by atoms with E-state index < -0.39 is 0 Å². The molecule has 1 rings (SSSR count). The van der Waals surface area contributed by atoms with E-state index in [4.69, 9.17) is 10.4 Å². The number of nitrogens with one attached hydrogen (secondary N) is 2. The predicted molar refractivity (Wildman–Crippen MR) is 83.0 cm³/mol. The van der Waals surface area contributed by atoms with Gasteiger partial charge in [0.05, 0.1) is 12.7 Å². The molecule has 0 saturated heterocycles. The second kappa shape index (κ2) is 8.28. The van der Waals surface area contributed by atoms with E-state index in [2.05, 4.69) is 30.6 Å². The van der Waals surface area contributed by atoms with Crippen LogP contribution in [0.25, 0.3) is 0 Å². The van der Waals surface area contributed by atoms with Crippen molar-refractivity contribution in [2.24, 2.45) is 5.41 Å². The minimum atomic E-state index is -0.190. The first-order chi connectivity index (χ1) is 9.98. The highest BCUT2D eigenvalue weighted by molar-refractivity contribution is 5.94. The Bertz CT molecular complexity index is 489. The number of hydrogen-bond acceptors (Lipinski definition) is 4. The zero-order valence-electron chi connectivity index (χ0n) is 12.6. The topological polar surface area (TPSA) is 85.2 Å². The second-order valence-electron chi connectivity index (χ2n) is 5.73. The Kier molecular flexibility index (Phi) is 6.70. The second-order valence-corrected chi connectivity index (χ2v) is 5.73. The van der Waals surface area contributed by atoms with Crippen molar-refractivity contribution in [3.05, 3.63) is 29.8 Å². The Morgan fingerprint density at radius 3 is 2.57 bits per heavy atom. The molecule has 0 heterocycles. The van der Waals surface area contributed by atoms with Crippen LogP contribution >= 0.6 is 0 Å². The van der Waals surface area contributed by atoms with Crippen molar-refractivity contribution in [1.82, 2.24) is 5.32 Å². The van der Waals surface area contributed by atoms with Gasteiger partial charge in [0, 0.05) is 30.8 Å². The van der Waals surface area contributed by atoms with Crippen LogP contribution in [0.5, 0.6) is 0 Å². The standard InChI is InChI=1S/C16H23N3O2/c1-16(2,8-3-9-17)12-19-14-6-4-13(5-7-14)15(21)18-10-11-20/h4-7,19-20H,3,8,10-12H2,1-2H3,(H,18,21). The summed E-state index contributed by atoms with van der Waals surface area (Å²) in [5.74, 6) is -0.190. The predicted octanol–water partition coefficient (Wildman–Crippen LogP) is 2.15.